The maximum absolute atomic E-state index is 13.1. The van der Waals surface area contributed by atoms with Crippen molar-refractivity contribution in [2.45, 2.75) is 55.8 Å². The Kier molecular flexibility index (Phi) is 5.45. The number of hydrogen-bond donors (Lipinski definition) is 7. The van der Waals surface area contributed by atoms with Crippen molar-refractivity contribution in [3.8, 4) is 11.5 Å². The van der Waals surface area contributed by atoms with E-state index in [1.807, 2.05) is 0 Å². The van der Waals surface area contributed by atoms with Gasteiger partial charge in [0.1, 0.15) is 58.7 Å². The summed E-state index contributed by atoms with van der Waals surface area (Å²) < 4.78 is 16.6. The van der Waals surface area contributed by atoms with E-state index in [1.165, 1.54) is 0 Å². The van der Waals surface area contributed by atoms with E-state index in [4.69, 9.17) is 13.9 Å². The summed E-state index contributed by atoms with van der Waals surface area (Å²) in [5, 5.41) is 69.2. The number of aromatic hydroxyl groups is 2. The molecule has 0 spiro atoms. The molecular weight excluding hydrogens is 404 g/mol. The van der Waals surface area contributed by atoms with Gasteiger partial charge in [0.25, 0.3) is 0 Å². The molecule has 0 amide bonds. The third kappa shape index (κ3) is 3.34. The van der Waals surface area contributed by atoms with Gasteiger partial charge in [0.15, 0.2) is 6.29 Å². The summed E-state index contributed by atoms with van der Waals surface area (Å²) in [6.07, 6.45) is -9.50. The second-order valence-electron chi connectivity index (χ2n) is 7.46. The van der Waals surface area contributed by atoms with E-state index in [2.05, 4.69) is 0 Å². The van der Waals surface area contributed by atoms with Crippen LogP contribution in [-0.4, -0.2) is 73.1 Å². The van der Waals surface area contributed by atoms with E-state index in [0.29, 0.717) is 0 Å². The first-order valence-electron chi connectivity index (χ1n) is 9.39. The van der Waals surface area contributed by atoms with Crippen LogP contribution in [0.3, 0.4) is 0 Å². The highest BCUT2D eigenvalue weighted by molar-refractivity contribution is 5.85. The molecule has 1 fully saturated rings. The van der Waals surface area contributed by atoms with Gasteiger partial charge in [0.2, 0.25) is 5.43 Å². The summed E-state index contributed by atoms with van der Waals surface area (Å²) in [7, 11) is 0. The largest absolute Gasteiger partial charge is 0.508 e. The monoisotopic (exact) mass is 426 g/mol. The second kappa shape index (κ2) is 7.78. The molecule has 30 heavy (non-hydrogen) atoms. The molecule has 1 aliphatic heterocycles. The average Bonchev–Trinajstić information content (AvgIpc) is 2.69. The SMILES string of the molecule is O=c1c2c(oc3cc(O)cc(O)c13)[C@H](O)CC[C@@H]2O[C@@H]1O[C@H](CO)[C@@H](O)[C@H](O)[C@H]1O. The molecule has 11 nitrogen and oxygen atoms in total. The highest BCUT2D eigenvalue weighted by Crippen LogP contribution is 2.41. The number of phenols is 2. The molecule has 1 aromatic carbocycles. The molecule has 1 aromatic heterocycles. The average molecular weight is 426 g/mol. The van der Waals surface area contributed by atoms with Gasteiger partial charge in [-0.15, -0.1) is 0 Å². The molecule has 1 saturated heterocycles. The molecule has 11 heteroatoms. The van der Waals surface area contributed by atoms with Crippen molar-refractivity contribution in [1.82, 2.24) is 0 Å². The summed E-state index contributed by atoms with van der Waals surface area (Å²) in [4.78, 5) is 13.1. The van der Waals surface area contributed by atoms with Crippen molar-refractivity contribution in [2.24, 2.45) is 0 Å². The molecular formula is C19H22O11. The third-order valence-corrected chi connectivity index (χ3v) is 5.50. The lowest BCUT2D eigenvalue weighted by atomic mass is 9.90. The highest BCUT2D eigenvalue weighted by Gasteiger charge is 2.46. The minimum Gasteiger partial charge on any atom is -0.508 e. The third-order valence-electron chi connectivity index (χ3n) is 5.50. The summed E-state index contributed by atoms with van der Waals surface area (Å²) in [6, 6.07) is 2.10. The Morgan fingerprint density at radius 3 is 2.47 bits per heavy atom. The zero-order valence-electron chi connectivity index (χ0n) is 15.6. The Bertz CT molecular complexity index is 1000. The van der Waals surface area contributed by atoms with E-state index in [9.17, 15) is 40.5 Å². The Morgan fingerprint density at radius 2 is 1.77 bits per heavy atom. The normalized spacial score (nSPS) is 34.1. The van der Waals surface area contributed by atoms with Crippen molar-refractivity contribution in [3.05, 3.63) is 33.7 Å². The summed E-state index contributed by atoms with van der Waals surface area (Å²) in [6.45, 7) is -0.644. The van der Waals surface area contributed by atoms with Gasteiger partial charge in [-0.3, -0.25) is 4.79 Å². The maximum atomic E-state index is 13.1. The number of aliphatic hydroxyl groups excluding tert-OH is 5. The zero-order valence-corrected chi connectivity index (χ0v) is 15.6. The molecule has 0 unspecified atom stereocenters. The van der Waals surface area contributed by atoms with Crippen LogP contribution in [0.25, 0.3) is 11.0 Å². The Balaban J connectivity index is 1.75. The topological polar surface area (TPSA) is 190 Å². The van der Waals surface area contributed by atoms with Gasteiger partial charge in [-0.05, 0) is 12.8 Å². The summed E-state index contributed by atoms with van der Waals surface area (Å²) in [5.74, 6) is -0.964. The maximum Gasteiger partial charge on any atom is 0.202 e. The number of ether oxygens (including phenoxy) is 2. The van der Waals surface area contributed by atoms with Crippen LogP contribution in [0.2, 0.25) is 0 Å². The van der Waals surface area contributed by atoms with Gasteiger partial charge >= 0.3 is 0 Å². The van der Waals surface area contributed by atoms with Crippen molar-refractivity contribution < 1.29 is 49.6 Å². The fraction of sp³-hybridized carbons (Fsp3) is 0.526. The second-order valence-corrected chi connectivity index (χ2v) is 7.46. The predicted molar refractivity (Wildman–Crippen MR) is 97.6 cm³/mol. The van der Waals surface area contributed by atoms with Crippen LogP contribution < -0.4 is 5.43 Å². The van der Waals surface area contributed by atoms with Gasteiger partial charge in [-0.2, -0.15) is 0 Å². The van der Waals surface area contributed by atoms with E-state index < -0.39 is 60.7 Å². The fourth-order valence-electron chi connectivity index (χ4n) is 3.93. The highest BCUT2D eigenvalue weighted by atomic mass is 16.7. The Morgan fingerprint density at radius 1 is 1.03 bits per heavy atom. The van der Waals surface area contributed by atoms with Crippen molar-refractivity contribution in [3.63, 3.8) is 0 Å². The van der Waals surface area contributed by atoms with E-state index >= 15 is 0 Å². The van der Waals surface area contributed by atoms with E-state index in [-0.39, 0.29) is 40.9 Å². The Hall–Kier alpha value is -2.25. The van der Waals surface area contributed by atoms with Gasteiger partial charge < -0.3 is 49.6 Å². The number of benzene rings is 1. The first-order valence-corrected chi connectivity index (χ1v) is 9.39. The van der Waals surface area contributed by atoms with Gasteiger partial charge in [-0.25, -0.2) is 0 Å². The number of aliphatic hydroxyl groups is 5. The molecule has 2 aliphatic rings. The fourth-order valence-corrected chi connectivity index (χ4v) is 3.93. The first kappa shape index (κ1) is 21.0. The predicted octanol–water partition coefficient (Wildman–Crippen LogP) is -1.11. The van der Waals surface area contributed by atoms with Crippen LogP contribution in [0.15, 0.2) is 21.3 Å². The standard InChI is InChI=1S/C19H22O11/c20-5-11-14(24)16(26)17(27)19(30-11)29-9-2-1-7(22)18-13(9)15(25)12-8(23)3-6(21)4-10(12)28-18/h3-4,7,9,11,14,16-17,19-24,26-27H,1-2,5H2/t7-,9+,11-,14-,16+,17-,19-/m1/s1. The first-order chi connectivity index (χ1) is 14.2. The number of hydrogen-bond acceptors (Lipinski definition) is 11. The molecule has 7 atom stereocenters. The summed E-state index contributed by atoms with van der Waals surface area (Å²) >= 11 is 0. The van der Waals surface area contributed by atoms with Crippen molar-refractivity contribution >= 4 is 11.0 Å². The van der Waals surface area contributed by atoms with E-state index in [1.54, 1.807) is 0 Å². The van der Waals surface area contributed by atoms with Gasteiger partial charge in [0.05, 0.1) is 18.3 Å². The molecule has 1 aliphatic carbocycles. The number of fused-ring (bicyclic) bond motifs is 2. The molecule has 4 rings (SSSR count). The van der Waals surface area contributed by atoms with Crippen LogP contribution in [0.1, 0.15) is 36.4 Å². The zero-order chi connectivity index (χ0) is 21.7. The lowest BCUT2D eigenvalue weighted by Crippen LogP contribution is -2.59. The molecule has 0 bridgehead atoms. The summed E-state index contributed by atoms with van der Waals surface area (Å²) in [5.41, 5.74) is -0.917. The minimum atomic E-state index is -1.67. The molecule has 2 aromatic rings. The lowest BCUT2D eigenvalue weighted by molar-refractivity contribution is -0.314. The van der Waals surface area contributed by atoms with Crippen LogP contribution in [0.4, 0.5) is 0 Å². The van der Waals surface area contributed by atoms with Crippen molar-refractivity contribution in [2.75, 3.05) is 6.61 Å². The van der Waals surface area contributed by atoms with E-state index in [0.717, 1.165) is 12.1 Å². The van der Waals surface area contributed by atoms with Crippen LogP contribution in [0.5, 0.6) is 11.5 Å². The van der Waals surface area contributed by atoms with Crippen LogP contribution in [-0.2, 0) is 9.47 Å². The number of rotatable bonds is 3. The Labute approximate surface area is 169 Å². The minimum absolute atomic E-state index is 0.0980. The quantitative estimate of drug-likeness (QED) is 0.315. The molecule has 0 saturated carbocycles. The molecule has 0 radical (unpaired) electrons. The number of phenolic OH excluding ortho intramolecular Hbond substituents is 2. The smallest absolute Gasteiger partial charge is 0.202 e. The molecule has 2 heterocycles. The van der Waals surface area contributed by atoms with Crippen molar-refractivity contribution in [1.29, 1.82) is 0 Å². The molecule has 164 valence electrons. The van der Waals surface area contributed by atoms with Gasteiger partial charge in [0, 0.05) is 12.1 Å². The lowest BCUT2D eigenvalue weighted by Gasteiger charge is -2.41. The van der Waals surface area contributed by atoms with Crippen LogP contribution in [0, 0.1) is 0 Å². The van der Waals surface area contributed by atoms with Gasteiger partial charge in [-0.1, -0.05) is 0 Å². The molecule has 7 N–H and O–H groups in total. The van der Waals surface area contributed by atoms with Crippen LogP contribution >= 0.6 is 0 Å².